The SMILES string of the molecule is CN(C)C(=O)CC(CN)N1CCCC(C(C)(C)C)CC1. The number of nitrogens with zero attached hydrogens (tertiary/aromatic N) is 2. The molecule has 118 valence electrons. The van der Waals surface area contributed by atoms with E-state index in [0.29, 0.717) is 18.4 Å². The largest absolute Gasteiger partial charge is 0.349 e. The predicted molar refractivity (Wildman–Crippen MR) is 84.5 cm³/mol. The molecule has 0 aromatic carbocycles. The lowest BCUT2D eigenvalue weighted by molar-refractivity contribution is -0.129. The quantitative estimate of drug-likeness (QED) is 0.858. The van der Waals surface area contributed by atoms with Crippen LogP contribution in [-0.4, -0.2) is 55.5 Å². The van der Waals surface area contributed by atoms with Gasteiger partial charge in [-0.25, -0.2) is 0 Å². The summed E-state index contributed by atoms with van der Waals surface area (Å²) in [5.41, 5.74) is 6.29. The van der Waals surface area contributed by atoms with E-state index in [-0.39, 0.29) is 11.9 Å². The molecule has 0 radical (unpaired) electrons. The third kappa shape index (κ3) is 5.06. The number of carbonyl (C=O) groups excluding carboxylic acids is 1. The Balaban J connectivity index is 2.59. The van der Waals surface area contributed by atoms with Gasteiger partial charge in [0, 0.05) is 33.1 Å². The zero-order chi connectivity index (χ0) is 15.3. The van der Waals surface area contributed by atoms with Gasteiger partial charge in [-0.3, -0.25) is 9.69 Å². The predicted octanol–water partition coefficient (Wildman–Crippen LogP) is 1.94. The Hall–Kier alpha value is -0.610. The standard InChI is InChI=1S/C16H33N3O/c1-16(2,3)13-7-6-9-19(10-8-13)14(12-17)11-15(20)18(4)5/h13-14H,6-12,17H2,1-5H3. The van der Waals surface area contributed by atoms with Crippen LogP contribution in [-0.2, 0) is 4.79 Å². The number of likely N-dealkylation sites (tertiary alicyclic amines) is 1. The highest BCUT2D eigenvalue weighted by Crippen LogP contribution is 2.34. The van der Waals surface area contributed by atoms with Gasteiger partial charge in [-0.05, 0) is 43.7 Å². The van der Waals surface area contributed by atoms with Crippen LogP contribution in [0.4, 0.5) is 0 Å². The molecule has 0 aromatic heterocycles. The molecule has 1 amide bonds. The molecule has 0 aromatic rings. The van der Waals surface area contributed by atoms with Crippen molar-refractivity contribution in [3.63, 3.8) is 0 Å². The molecule has 2 atom stereocenters. The van der Waals surface area contributed by atoms with Crippen molar-refractivity contribution in [2.24, 2.45) is 17.1 Å². The summed E-state index contributed by atoms with van der Waals surface area (Å²) in [6, 6.07) is 0.198. The van der Waals surface area contributed by atoms with Gasteiger partial charge in [0.1, 0.15) is 0 Å². The van der Waals surface area contributed by atoms with Crippen molar-refractivity contribution < 1.29 is 4.79 Å². The molecule has 2 unspecified atom stereocenters. The molecule has 1 fully saturated rings. The van der Waals surface area contributed by atoms with E-state index in [9.17, 15) is 4.79 Å². The molecule has 2 N–H and O–H groups in total. The molecule has 0 bridgehead atoms. The third-order valence-corrected chi connectivity index (χ3v) is 4.68. The monoisotopic (exact) mass is 283 g/mol. The fourth-order valence-corrected chi connectivity index (χ4v) is 3.10. The zero-order valence-electron chi connectivity index (χ0n) is 14.0. The first-order valence-corrected chi connectivity index (χ1v) is 7.90. The highest BCUT2D eigenvalue weighted by atomic mass is 16.2. The van der Waals surface area contributed by atoms with Crippen molar-refractivity contribution in [3.05, 3.63) is 0 Å². The summed E-state index contributed by atoms with van der Waals surface area (Å²) in [6.45, 7) is 9.73. The number of nitrogens with two attached hydrogens (primary N) is 1. The van der Waals surface area contributed by atoms with Gasteiger partial charge in [-0.15, -0.1) is 0 Å². The first-order valence-electron chi connectivity index (χ1n) is 7.90. The second-order valence-corrected chi connectivity index (χ2v) is 7.41. The van der Waals surface area contributed by atoms with Crippen LogP contribution in [0.15, 0.2) is 0 Å². The summed E-state index contributed by atoms with van der Waals surface area (Å²) < 4.78 is 0. The van der Waals surface area contributed by atoms with Crippen LogP contribution in [0.2, 0.25) is 0 Å². The Morgan fingerprint density at radius 3 is 2.45 bits per heavy atom. The van der Waals surface area contributed by atoms with Crippen molar-refractivity contribution >= 4 is 5.91 Å². The highest BCUT2D eigenvalue weighted by molar-refractivity contribution is 5.76. The third-order valence-electron chi connectivity index (χ3n) is 4.68. The Bertz CT molecular complexity index is 309. The maximum absolute atomic E-state index is 11.9. The molecule has 1 aliphatic heterocycles. The second kappa shape index (κ2) is 7.41. The average Bonchev–Trinajstić information content (AvgIpc) is 2.60. The van der Waals surface area contributed by atoms with E-state index in [4.69, 9.17) is 5.73 Å². The summed E-state index contributed by atoms with van der Waals surface area (Å²) >= 11 is 0. The molecule has 20 heavy (non-hydrogen) atoms. The van der Waals surface area contributed by atoms with Crippen LogP contribution in [0.3, 0.4) is 0 Å². The number of rotatable bonds is 4. The Kier molecular flexibility index (Phi) is 6.46. The van der Waals surface area contributed by atoms with Crippen molar-refractivity contribution in [3.8, 4) is 0 Å². The van der Waals surface area contributed by atoms with Gasteiger partial charge in [0.15, 0.2) is 0 Å². The van der Waals surface area contributed by atoms with Crippen LogP contribution in [0.5, 0.6) is 0 Å². The zero-order valence-corrected chi connectivity index (χ0v) is 14.0. The highest BCUT2D eigenvalue weighted by Gasteiger charge is 2.29. The van der Waals surface area contributed by atoms with E-state index in [0.717, 1.165) is 19.0 Å². The number of hydrogen-bond donors (Lipinski definition) is 1. The molecule has 1 heterocycles. The van der Waals surface area contributed by atoms with Gasteiger partial charge in [0.2, 0.25) is 5.91 Å². The molecule has 0 saturated carbocycles. The van der Waals surface area contributed by atoms with Crippen LogP contribution in [0.25, 0.3) is 0 Å². The smallest absolute Gasteiger partial charge is 0.223 e. The van der Waals surface area contributed by atoms with Gasteiger partial charge in [-0.1, -0.05) is 20.8 Å². The van der Waals surface area contributed by atoms with E-state index >= 15 is 0 Å². The summed E-state index contributed by atoms with van der Waals surface area (Å²) in [7, 11) is 3.63. The van der Waals surface area contributed by atoms with Crippen LogP contribution in [0.1, 0.15) is 46.5 Å². The van der Waals surface area contributed by atoms with Crippen molar-refractivity contribution in [2.75, 3.05) is 33.7 Å². The molecule has 0 aliphatic carbocycles. The average molecular weight is 283 g/mol. The molecule has 1 saturated heterocycles. The van der Waals surface area contributed by atoms with Crippen molar-refractivity contribution in [2.45, 2.75) is 52.5 Å². The molecular formula is C16H33N3O. The van der Waals surface area contributed by atoms with Crippen LogP contribution < -0.4 is 5.73 Å². The molecule has 1 aliphatic rings. The fourth-order valence-electron chi connectivity index (χ4n) is 3.10. The van der Waals surface area contributed by atoms with Crippen LogP contribution in [0, 0.1) is 11.3 Å². The molecular weight excluding hydrogens is 250 g/mol. The first-order chi connectivity index (χ1) is 9.25. The maximum Gasteiger partial charge on any atom is 0.223 e. The summed E-state index contributed by atoms with van der Waals surface area (Å²) in [5, 5.41) is 0. The van der Waals surface area contributed by atoms with Gasteiger partial charge < -0.3 is 10.6 Å². The van der Waals surface area contributed by atoms with E-state index in [1.54, 1.807) is 4.90 Å². The van der Waals surface area contributed by atoms with Crippen molar-refractivity contribution in [1.82, 2.24) is 9.80 Å². The van der Waals surface area contributed by atoms with Gasteiger partial charge in [0.05, 0.1) is 0 Å². The summed E-state index contributed by atoms with van der Waals surface area (Å²) in [5.74, 6) is 0.951. The Morgan fingerprint density at radius 1 is 1.30 bits per heavy atom. The van der Waals surface area contributed by atoms with Gasteiger partial charge in [0.25, 0.3) is 0 Å². The topological polar surface area (TPSA) is 49.6 Å². The van der Waals surface area contributed by atoms with Crippen molar-refractivity contribution in [1.29, 1.82) is 0 Å². The normalized spacial score (nSPS) is 23.2. The molecule has 4 nitrogen and oxygen atoms in total. The molecule has 4 heteroatoms. The second-order valence-electron chi connectivity index (χ2n) is 7.41. The lowest BCUT2D eigenvalue weighted by Crippen LogP contribution is -2.44. The summed E-state index contributed by atoms with van der Waals surface area (Å²) in [6.07, 6.45) is 4.27. The van der Waals surface area contributed by atoms with Crippen LogP contribution >= 0.6 is 0 Å². The minimum absolute atomic E-state index is 0.178. The van der Waals surface area contributed by atoms with E-state index in [2.05, 4.69) is 25.7 Å². The molecule has 1 rings (SSSR count). The minimum Gasteiger partial charge on any atom is -0.349 e. The van der Waals surface area contributed by atoms with Gasteiger partial charge in [-0.2, -0.15) is 0 Å². The number of carbonyl (C=O) groups is 1. The van der Waals surface area contributed by atoms with Gasteiger partial charge >= 0.3 is 0 Å². The fraction of sp³-hybridized carbons (Fsp3) is 0.938. The lowest BCUT2D eigenvalue weighted by atomic mass is 9.77. The summed E-state index contributed by atoms with van der Waals surface area (Å²) in [4.78, 5) is 16.0. The first kappa shape index (κ1) is 17.4. The van der Waals surface area contributed by atoms with E-state index < -0.39 is 0 Å². The van der Waals surface area contributed by atoms with E-state index in [1.807, 2.05) is 14.1 Å². The minimum atomic E-state index is 0.178. The number of hydrogen-bond acceptors (Lipinski definition) is 3. The Morgan fingerprint density at radius 2 is 1.95 bits per heavy atom. The lowest BCUT2D eigenvalue weighted by Gasteiger charge is -2.32. The number of amides is 1. The molecule has 0 spiro atoms. The maximum atomic E-state index is 11.9. The Labute approximate surface area is 124 Å². The van der Waals surface area contributed by atoms with E-state index in [1.165, 1.54) is 19.3 Å².